The third-order valence-electron chi connectivity index (χ3n) is 7.49. The summed E-state index contributed by atoms with van der Waals surface area (Å²) in [6.45, 7) is 4.26. The molecule has 7 nitrogen and oxygen atoms in total. The Morgan fingerprint density at radius 2 is 1.00 bits per heavy atom. The van der Waals surface area contributed by atoms with Crippen molar-refractivity contribution >= 4 is 0 Å². The third kappa shape index (κ3) is 9.22. The van der Waals surface area contributed by atoms with E-state index in [2.05, 4.69) is 12.1 Å². The number of hydrogen-bond donors (Lipinski definition) is 0. The van der Waals surface area contributed by atoms with Crippen LogP contribution in [0.15, 0.2) is 115 Å². The highest BCUT2D eigenvalue weighted by atomic mass is 16.7. The summed E-state index contributed by atoms with van der Waals surface area (Å²) in [4.78, 5) is 0. The number of methoxy groups -OCH3 is 1. The second-order valence-corrected chi connectivity index (χ2v) is 10.6. The summed E-state index contributed by atoms with van der Waals surface area (Å²) >= 11 is 0. The number of ether oxygens (including phenoxy) is 7. The quantitative estimate of drug-likeness (QED) is 0.142. The maximum Gasteiger partial charge on any atom is 0.186 e. The fourth-order valence-corrected chi connectivity index (χ4v) is 5.19. The summed E-state index contributed by atoms with van der Waals surface area (Å²) in [5.74, 6) is 0.804. The van der Waals surface area contributed by atoms with Crippen LogP contribution in [0.4, 0.5) is 0 Å². The van der Waals surface area contributed by atoms with Crippen molar-refractivity contribution in [2.24, 2.45) is 0 Å². The molecule has 5 rings (SSSR count). The predicted octanol–water partition coefficient (Wildman–Crippen LogP) is 6.73. The average molecular weight is 599 g/mol. The standard InChI is InChI=1S/C37H42O7/c1-3-40-37-36(43-26-30-17-11-6-12-18-30)35(42-25-29-15-9-5-10-16-29)34(41-24-28-13-7-4-8-14-28)33(44-37)27-39-23-31-19-21-32(38-2)22-20-31/h4-22,33-37H,3,23-27H2,1-2H3/t33-,34-,35+,36-,37-/m1/s1. The van der Waals surface area contributed by atoms with Crippen LogP contribution in [0.5, 0.6) is 5.75 Å². The molecule has 7 heteroatoms. The molecule has 0 spiro atoms. The summed E-state index contributed by atoms with van der Waals surface area (Å²) in [7, 11) is 1.66. The van der Waals surface area contributed by atoms with E-state index in [1.54, 1.807) is 7.11 Å². The molecule has 0 N–H and O–H groups in total. The van der Waals surface area contributed by atoms with Gasteiger partial charge in [-0.1, -0.05) is 103 Å². The van der Waals surface area contributed by atoms with Crippen LogP contribution < -0.4 is 4.74 Å². The van der Waals surface area contributed by atoms with E-state index in [0.717, 1.165) is 28.0 Å². The molecule has 0 aromatic heterocycles. The average Bonchev–Trinajstić information content (AvgIpc) is 3.08. The Balaban J connectivity index is 1.39. The largest absolute Gasteiger partial charge is 0.497 e. The van der Waals surface area contributed by atoms with Crippen LogP contribution in [0.1, 0.15) is 29.2 Å². The van der Waals surface area contributed by atoms with Gasteiger partial charge in [0, 0.05) is 6.61 Å². The first-order valence-electron chi connectivity index (χ1n) is 15.2. The summed E-state index contributed by atoms with van der Waals surface area (Å²) in [5, 5.41) is 0. The van der Waals surface area contributed by atoms with Crippen molar-refractivity contribution < 1.29 is 33.2 Å². The van der Waals surface area contributed by atoms with Crippen molar-refractivity contribution in [1.82, 2.24) is 0 Å². The zero-order chi connectivity index (χ0) is 30.4. The Bertz CT molecular complexity index is 1330. The van der Waals surface area contributed by atoms with Gasteiger partial charge in [-0.15, -0.1) is 0 Å². The Morgan fingerprint density at radius 1 is 0.523 bits per heavy atom. The van der Waals surface area contributed by atoms with E-state index in [4.69, 9.17) is 33.2 Å². The van der Waals surface area contributed by atoms with Gasteiger partial charge in [-0.25, -0.2) is 0 Å². The van der Waals surface area contributed by atoms with E-state index in [1.165, 1.54) is 0 Å². The summed E-state index contributed by atoms with van der Waals surface area (Å²) < 4.78 is 44.1. The van der Waals surface area contributed by atoms with Crippen molar-refractivity contribution in [2.75, 3.05) is 20.3 Å². The van der Waals surface area contributed by atoms with Gasteiger partial charge in [0.2, 0.25) is 0 Å². The number of rotatable bonds is 16. The molecule has 4 aromatic rings. The predicted molar refractivity (Wildman–Crippen MR) is 168 cm³/mol. The van der Waals surface area contributed by atoms with Gasteiger partial charge in [0.05, 0.1) is 40.1 Å². The van der Waals surface area contributed by atoms with Gasteiger partial charge in [0.15, 0.2) is 6.29 Å². The van der Waals surface area contributed by atoms with Gasteiger partial charge in [-0.05, 0) is 41.3 Å². The van der Waals surface area contributed by atoms with Crippen LogP contribution in [-0.4, -0.2) is 51.0 Å². The van der Waals surface area contributed by atoms with Gasteiger partial charge in [0.1, 0.15) is 30.2 Å². The summed E-state index contributed by atoms with van der Waals surface area (Å²) in [6.07, 6.45) is -2.67. The Labute approximate surface area is 260 Å². The van der Waals surface area contributed by atoms with Crippen LogP contribution in [-0.2, 0) is 54.8 Å². The molecule has 1 saturated heterocycles. The number of hydrogen-bond acceptors (Lipinski definition) is 7. The molecule has 0 unspecified atom stereocenters. The summed E-state index contributed by atoms with van der Waals surface area (Å²) in [5.41, 5.74) is 4.20. The van der Waals surface area contributed by atoms with Crippen LogP contribution in [0.25, 0.3) is 0 Å². The van der Waals surface area contributed by atoms with Gasteiger partial charge in [-0.3, -0.25) is 0 Å². The highest BCUT2D eigenvalue weighted by molar-refractivity contribution is 5.26. The first-order valence-corrected chi connectivity index (χ1v) is 15.2. The number of benzene rings is 4. The van der Waals surface area contributed by atoms with Crippen molar-refractivity contribution in [1.29, 1.82) is 0 Å². The van der Waals surface area contributed by atoms with E-state index in [-0.39, 0.29) is 6.61 Å². The van der Waals surface area contributed by atoms with E-state index in [9.17, 15) is 0 Å². The molecule has 0 saturated carbocycles. The zero-order valence-corrected chi connectivity index (χ0v) is 25.5. The van der Waals surface area contributed by atoms with Gasteiger partial charge in [0.25, 0.3) is 0 Å². The second-order valence-electron chi connectivity index (χ2n) is 10.6. The molecule has 232 valence electrons. The fraction of sp³-hybridized carbons (Fsp3) is 0.351. The van der Waals surface area contributed by atoms with Crippen LogP contribution >= 0.6 is 0 Å². The smallest absolute Gasteiger partial charge is 0.186 e. The molecule has 1 aliphatic heterocycles. The van der Waals surface area contributed by atoms with Crippen molar-refractivity contribution in [3.05, 3.63) is 138 Å². The molecule has 0 radical (unpaired) electrons. The lowest BCUT2D eigenvalue weighted by Gasteiger charge is -2.45. The second kappa shape index (κ2) is 17.1. The minimum Gasteiger partial charge on any atom is -0.497 e. The topological polar surface area (TPSA) is 64.6 Å². The first kappa shape index (κ1) is 31.9. The van der Waals surface area contributed by atoms with Crippen LogP contribution in [0.3, 0.4) is 0 Å². The van der Waals surface area contributed by atoms with Crippen LogP contribution in [0.2, 0.25) is 0 Å². The monoisotopic (exact) mass is 598 g/mol. The Kier molecular flexibility index (Phi) is 12.4. The Hall–Kier alpha value is -3.56. The van der Waals surface area contributed by atoms with Gasteiger partial charge < -0.3 is 33.2 Å². The van der Waals surface area contributed by atoms with E-state index < -0.39 is 30.7 Å². The molecule has 0 amide bonds. The van der Waals surface area contributed by atoms with Crippen molar-refractivity contribution in [3.8, 4) is 5.75 Å². The van der Waals surface area contributed by atoms with Gasteiger partial charge >= 0.3 is 0 Å². The Morgan fingerprint density at radius 3 is 1.50 bits per heavy atom. The third-order valence-corrected chi connectivity index (χ3v) is 7.49. The van der Waals surface area contributed by atoms with E-state index in [1.807, 2.05) is 110 Å². The maximum atomic E-state index is 6.69. The van der Waals surface area contributed by atoms with E-state index >= 15 is 0 Å². The maximum absolute atomic E-state index is 6.69. The minimum atomic E-state index is -0.671. The van der Waals surface area contributed by atoms with Crippen molar-refractivity contribution in [2.45, 2.75) is 64.1 Å². The molecular formula is C37H42O7. The highest BCUT2D eigenvalue weighted by Crippen LogP contribution is 2.31. The molecule has 0 bridgehead atoms. The molecule has 1 fully saturated rings. The lowest BCUT2D eigenvalue weighted by atomic mass is 9.97. The molecule has 0 aliphatic carbocycles. The lowest BCUT2D eigenvalue weighted by molar-refractivity contribution is -0.327. The highest BCUT2D eigenvalue weighted by Gasteiger charge is 2.49. The van der Waals surface area contributed by atoms with Crippen LogP contribution in [0, 0.1) is 0 Å². The molecule has 1 heterocycles. The normalized spacial score (nSPS) is 21.6. The molecule has 44 heavy (non-hydrogen) atoms. The molecule has 5 atom stereocenters. The SMILES string of the molecule is CCO[C@@H]1O[C@H](COCc2ccc(OC)cc2)[C@@H](OCc2ccccc2)[C@H](OCc2ccccc2)[C@H]1OCc1ccccc1. The molecule has 4 aromatic carbocycles. The van der Waals surface area contributed by atoms with E-state index in [0.29, 0.717) is 33.0 Å². The molecular weight excluding hydrogens is 556 g/mol. The molecule has 1 aliphatic rings. The minimum absolute atomic E-state index is 0.283. The summed E-state index contributed by atoms with van der Waals surface area (Å²) in [6, 6.07) is 38.1. The lowest BCUT2D eigenvalue weighted by Crippen LogP contribution is -2.61. The van der Waals surface area contributed by atoms with Gasteiger partial charge in [-0.2, -0.15) is 0 Å². The zero-order valence-electron chi connectivity index (χ0n) is 25.5. The van der Waals surface area contributed by atoms with Crippen molar-refractivity contribution in [3.63, 3.8) is 0 Å². The first-order chi connectivity index (χ1) is 21.7. The fourth-order valence-electron chi connectivity index (χ4n) is 5.19.